The molecule has 1 fully saturated rings. The molecule has 2 atom stereocenters. The van der Waals surface area contributed by atoms with E-state index in [1.165, 1.54) is 0 Å². The number of hydrogen-bond acceptors (Lipinski definition) is 5. The van der Waals surface area contributed by atoms with E-state index in [0.29, 0.717) is 4.08 Å². The minimum atomic E-state index is -2.90. The first-order valence-electron chi connectivity index (χ1n) is 16.5. The summed E-state index contributed by atoms with van der Waals surface area (Å²) < 4.78 is 2.58. The van der Waals surface area contributed by atoms with E-state index in [9.17, 15) is 0 Å². The number of rotatable bonds is 10. The van der Waals surface area contributed by atoms with Crippen LogP contribution in [0.1, 0.15) is 32.2 Å². The Hall–Kier alpha value is 2.29. The molecular weight excluding hydrogens is 786 g/mol. The van der Waals surface area contributed by atoms with E-state index in [1.54, 1.807) is 5.56 Å². The van der Waals surface area contributed by atoms with Crippen LogP contribution in [0, 0.1) is 0 Å². The molecule has 0 aliphatic carbocycles. The van der Waals surface area contributed by atoms with Crippen molar-refractivity contribution in [1.82, 2.24) is 0 Å². The molecule has 44 heavy (non-hydrogen) atoms. The van der Waals surface area contributed by atoms with E-state index in [-0.39, 0.29) is 0 Å². The van der Waals surface area contributed by atoms with Gasteiger partial charge in [-0.15, -0.1) is 0 Å². The number of hydrogen-bond donors (Lipinski definition) is 0. The molecule has 0 amide bonds. The van der Waals surface area contributed by atoms with Gasteiger partial charge in [-0.2, -0.15) is 0 Å². The third kappa shape index (κ3) is 9.14. The van der Waals surface area contributed by atoms with E-state index in [4.69, 9.17) is 0 Å². The van der Waals surface area contributed by atoms with Crippen LogP contribution in [0.2, 0.25) is 118 Å². The van der Waals surface area contributed by atoms with E-state index < -0.39 is 60.6 Å². The summed E-state index contributed by atoms with van der Waals surface area (Å²) >= 11 is -2.90. The standard InChI is InChI=1S/C32H64GeS5Si6/c1-39(2,3)30(40(4,5)6)25-23-26(31(41(7,8)9)42(10,11)12)29(27(24-25)32(43(13,14)15)44(16,17)18)33-22-20-19-21-28(33)34-36-38-37-35-33/h19-24,28,30-32H,1-18H3. The minimum absolute atomic E-state index is 0.624. The maximum absolute atomic E-state index is 2.94. The van der Waals surface area contributed by atoms with Crippen molar-refractivity contribution in [2.24, 2.45) is 0 Å². The molecule has 0 spiro atoms. The molecule has 0 saturated carbocycles. The first kappa shape index (κ1) is 40.7. The fourth-order valence-corrected chi connectivity index (χ4v) is 91.6. The fraction of sp³-hybridized carbons (Fsp3) is 0.688. The van der Waals surface area contributed by atoms with Crippen molar-refractivity contribution in [3.05, 3.63) is 52.0 Å². The molecule has 2 aliphatic heterocycles. The van der Waals surface area contributed by atoms with Gasteiger partial charge in [-0.25, -0.2) is 0 Å². The van der Waals surface area contributed by atoms with Gasteiger partial charge >= 0.3 is 304 Å². The summed E-state index contributed by atoms with van der Waals surface area (Å²) in [5.41, 5.74) is 5.54. The molecule has 250 valence electrons. The van der Waals surface area contributed by atoms with Crippen LogP contribution in [0.3, 0.4) is 0 Å². The van der Waals surface area contributed by atoms with E-state index in [1.807, 2.05) is 35.2 Å². The zero-order chi connectivity index (χ0) is 33.9. The van der Waals surface area contributed by atoms with Gasteiger partial charge in [0.1, 0.15) is 0 Å². The second-order valence-electron chi connectivity index (χ2n) is 19.9. The van der Waals surface area contributed by atoms with Crippen molar-refractivity contribution in [2.75, 3.05) is 0 Å². The molecule has 12 heteroatoms. The summed E-state index contributed by atoms with van der Waals surface area (Å²) in [6, 6.07) is 5.88. The van der Waals surface area contributed by atoms with E-state index in [2.05, 4.69) is 183 Å². The molecule has 2 heterocycles. The van der Waals surface area contributed by atoms with Crippen molar-refractivity contribution in [2.45, 2.75) is 137 Å². The normalized spacial score (nSPS) is 22.6. The van der Waals surface area contributed by atoms with Crippen molar-refractivity contribution < 1.29 is 0 Å². The molecule has 1 aromatic carbocycles. The monoisotopic (exact) mass is 850 g/mol. The van der Waals surface area contributed by atoms with Gasteiger partial charge in [0.2, 0.25) is 0 Å². The average Bonchev–Trinajstić information content (AvgIpc) is 2.96. The first-order chi connectivity index (χ1) is 19.6. The van der Waals surface area contributed by atoms with Crippen molar-refractivity contribution >= 4 is 114 Å². The van der Waals surface area contributed by atoms with Gasteiger partial charge in [0.05, 0.1) is 0 Å². The van der Waals surface area contributed by atoms with Crippen LogP contribution in [0.5, 0.6) is 0 Å². The Morgan fingerprint density at radius 3 is 1.32 bits per heavy atom. The summed E-state index contributed by atoms with van der Waals surface area (Å²) in [6.07, 6.45) is 7.49. The van der Waals surface area contributed by atoms with Crippen molar-refractivity contribution in [1.29, 1.82) is 0 Å². The van der Waals surface area contributed by atoms with Gasteiger partial charge in [0.15, 0.2) is 0 Å². The van der Waals surface area contributed by atoms with Crippen LogP contribution in [0.25, 0.3) is 0 Å². The molecule has 1 saturated heterocycles. The molecule has 0 aromatic heterocycles. The van der Waals surface area contributed by atoms with Crippen LogP contribution in [-0.4, -0.2) is 64.6 Å². The summed E-state index contributed by atoms with van der Waals surface area (Å²) in [5, 5.41) is 2.29. The predicted molar refractivity (Wildman–Crippen MR) is 240 cm³/mol. The quantitative estimate of drug-likeness (QED) is 0.169. The van der Waals surface area contributed by atoms with Gasteiger partial charge < -0.3 is 0 Å². The molecule has 0 bridgehead atoms. The molecule has 1 aromatic rings. The summed E-state index contributed by atoms with van der Waals surface area (Å²) in [5.74, 6) is 0. The molecule has 0 radical (unpaired) electrons. The Kier molecular flexibility index (Phi) is 13.1. The number of fused-ring (bicyclic) bond motifs is 1. The van der Waals surface area contributed by atoms with E-state index in [0.717, 1.165) is 15.5 Å². The van der Waals surface area contributed by atoms with Gasteiger partial charge in [-0.05, 0) is 0 Å². The van der Waals surface area contributed by atoms with Gasteiger partial charge in [-0.3, -0.25) is 0 Å². The Labute approximate surface area is 300 Å². The predicted octanol–water partition coefficient (Wildman–Crippen LogP) is 13.3. The summed E-state index contributed by atoms with van der Waals surface area (Å²) in [4.78, 5) is 2.84. The molecule has 2 unspecified atom stereocenters. The molecule has 3 rings (SSSR count). The maximum atomic E-state index is 2.94. The van der Waals surface area contributed by atoms with Crippen LogP contribution in [0.15, 0.2) is 35.3 Å². The van der Waals surface area contributed by atoms with Crippen LogP contribution in [-0.2, 0) is 0 Å². The Morgan fingerprint density at radius 2 is 0.932 bits per heavy atom. The average molecular weight is 850 g/mol. The summed E-state index contributed by atoms with van der Waals surface area (Å²) in [7, 11) is 1.50. The molecule has 0 nitrogen and oxygen atoms in total. The van der Waals surface area contributed by atoms with Gasteiger partial charge in [0, 0.05) is 0 Å². The van der Waals surface area contributed by atoms with Gasteiger partial charge in [-0.1, -0.05) is 0 Å². The SMILES string of the molecule is C[Si](C)(C)C(c1cc(C([Si](C)(C)C)[Si](C)(C)C)[c]([Ge]23[CH]=CC=C[CH]2SSSS[S]3)c(C([Si](C)(C)C)[Si](C)(C)C)c1)[Si](C)(C)C. The molecular formula is C32H64GeS5Si6. The Balaban J connectivity index is 2.75. The topological polar surface area (TPSA) is 0 Å². The third-order valence-electron chi connectivity index (χ3n) is 9.30. The number of benzene rings is 1. The summed E-state index contributed by atoms with van der Waals surface area (Å²) in [6.45, 7) is 48.6. The van der Waals surface area contributed by atoms with Crippen molar-refractivity contribution in [3.63, 3.8) is 0 Å². The first-order valence-corrected chi connectivity index (χ1v) is 50.2. The zero-order valence-corrected chi connectivity index (χ0v) is 43.5. The molecule has 2 aliphatic rings. The number of allylic oxidation sites excluding steroid dienone is 2. The zero-order valence-electron chi connectivity index (χ0n) is 31.3. The second kappa shape index (κ2) is 14.1. The molecule has 0 N–H and O–H groups in total. The fourth-order valence-electron chi connectivity index (χ4n) is 9.74. The van der Waals surface area contributed by atoms with E-state index >= 15 is 0 Å². The van der Waals surface area contributed by atoms with Gasteiger partial charge in [0.25, 0.3) is 0 Å². The second-order valence-corrected chi connectivity index (χ2v) is 74.7. The Morgan fingerprint density at radius 1 is 0.523 bits per heavy atom. The van der Waals surface area contributed by atoms with Crippen LogP contribution >= 0.6 is 49.4 Å². The van der Waals surface area contributed by atoms with Crippen LogP contribution in [0.4, 0.5) is 0 Å². The third-order valence-corrected chi connectivity index (χ3v) is 68.8. The Bertz CT molecular complexity index is 1150. The van der Waals surface area contributed by atoms with Crippen molar-refractivity contribution in [3.8, 4) is 0 Å². The van der Waals surface area contributed by atoms with Crippen LogP contribution < -0.4 is 4.40 Å².